The lowest BCUT2D eigenvalue weighted by atomic mass is 10.00. The summed E-state index contributed by atoms with van der Waals surface area (Å²) in [6.45, 7) is 18.7. The molecule has 3 aromatic carbocycles. The van der Waals surface area contributed by atoms with Crippen LogP contribution in [-0.2, 0) is 41.9 Å². The van der Waals surface area contributed by atoms with Crippen LogP contribution in [0.25, 0.3) is 0 Å². The monoisotopic (exact) mass is 1110 g/mol. The number of unbranched alkanes of at least 4 members (excludes halogenated alkanes) is 6. The van der Waals surface area contributed by atoms with Crippen LogP contribution in [0, 0.1) is 11.8 Å². The second-order valence-electron chi connectivity index (χ2n) is 19.7. The number of benzene rings is 3. The first kappa shape index (κ1) is 60.6. The summed E-state index contributed by atoms with van der Waals surface area (Å²) in [5, 5.41) is 2.98. The predicted molar refractivity (Wildman–Crippen MR) is 309 cm³/mol. The molecule has 6 rings (SSSR count). The Morgan fingerprint density at radius 2 is 0.829 bits per heavy atom. The molecular formula is C60H80N4O8S4. The molecule has 0 N–H and O–H groups in total. The van der Waals surface area contributed by atoms with Crippen molar-refractivity contribution in [3.63, 3.8) is 0 Å². The molecule has 1 fully saturated rings. The molecule has 1 saturated heterocycles. The number of amides is 4. The van der Waals surface area contributed by atoms with Crippen molar-refractivity contribution in [2.45, 2.75) is 191 Å². The number of hydrogen-bond acceptors (Lipinski definition) is 12. The number of fused-ring (bicyclic) bond motifs is 2. The van der Waals surface area contributed by atoms with Crippen molar-refractivity contribution < 1.29 is 38.2 Å². The smallest absolute Gasteiger partial charge is 0.314 e. The van der Waals surface area contributed by atoms with Gasteiger partial charge in [-0.25, -0.2) is 10.0 Å². The van der Waals surface area contributed by atoms with E-state index in [2.05, 4.69) is 41.5 Å². The highest BCUT2D eigenvalue weighted by Gasteiger charge is 2.48. The second kappa shape index (κ2) is 30.5. The molecule has 2 atom stereocenters. The molecule has 12 nitrogen and oxygen atoms in total. The fourth-order valence-corrected chi connectivity index (χ4v) is 14.7. The minimum atomic E-state index is -0.476. The molecule has 3 heterocycles. The van der Waals surface area contributed by atoms with Crippen molar-refractivity contribution in [3.05, 3.63) is 91.4 Å². The maximum atomic E-state index is 15.3. The summed E-state index contributed by atoms with van der Waals surface area (Å²) in [5.41, 5.74) is 1.72. The van der Waals surface area contributed by atoms with Crippen molar-refractivity contribution in [2.24, 2.45) is 11.8 Å². The summed E-state index contributed by atoms with van der Waals surface area (Å²) in [5.74, 6) is -2.95. The van der Waals surface area contributed by atoms with Crippen molar-refractivity contribution in [2.75, 3.05) is 26.2 Å². The summed E-state index contributed by atoms with van der Waals surface area (Å²) in [7, 11) is 0. The van der Waals surface area contributed by atoms with Gasteiger partial charge in [0, 0.05) is 26.2 Å². The van der Waals surface area contributed by atoms with Gasteiger partial charge in [-0.15, -0.1) is 0 Å². The maximum Gasteiger partial charge on any atom is 0.314 e. The Hall–Kier alpha value is -4.64. The first-order valence-electron chi connectivity index (χ1n) is 28.1. The zero-order chi connectivity index (χ0) is 54.7. The van der Waals surface area contributed by atoms with Crippen LogP contribution in [0.3, 0.4) is 0 Å². The molecule has 76 heavy (non-hydrogen) atoms. The van der Waals surface area contributed by atoms with Gasteiger partial charge in [0.25, 0.3) is 23.6 Å². The van der Waals surface area contributed by atoms with Gasteiger partial charge in [0.2, 0.25) is 0 Å². The third kappa shape index (κ3) is 14.9. The molecule has 0 saturated carbocycles. The Balaban J connectivity index is 1.61. The predicted octanol–water partition coefficient (Wildman–Crippen LogP) is 14.6. The number of thioether (sulfide) groups is 4. The maximum absolute atomic E-state index is 15.3. The molecule has 0 aromatic heterocycles. The van der Waals surface area contributed by atoms with Crippen LogP contribution in [0.15, 0.2) is 99.9 Å². The Kier molecular flexibility index (Phi) is 24.3. The molecule has 0 aliphatic carbocycles. The second-order valence-corrected chi connectivity index (χ2v) is 24.3. The van der Waals surface area contributed by atoms with E-state index in [1.54, 1.807) is 0 Å². The summed E-state index contributed by atoms with van der Waals surface area (Å²) < 4.78 is 14.2. The number of carbonyl (C=O) groups excluding carboxylic acids is 6. The minimum absolute atomic E-state index is 0.0330. The molecule has 3 aliphatic heterocycles. The fraction of sp³-hybridized carbons (Fsp3) is 0.533. The molecule has 4 amide bonds. The van der Waals surface area contributed by atoms with Crippen molar-refractivity contribution in [1.82, 2.24) is 19.8 Å². The van der Waals surface area contributed by atoms with Gasteiger partial charge in [-0.2, -0.15) is 0 Å². The standard InChI is InChI=1S/C60H80N4O8S4/c1-9-17-33-43(15-7)57(69)71-47-49-50(74-59(73-49)45(53(65)61(35-19-11-3)36-20-12-4)54(66)62(37-21-13-5)38-22-14-6)48(72-58(70)44(16-8)34-18-10-2)52-51(47)75-60(76-52)46-55(67)63(39-41-29-25-23-26-30-41)64(56(46)68)40-42-31-27-24-28-32-42/h23-32,43-44H,9-22,33-40H2,1-8H3. The average Bonchev–Trinajstić information content (AvgIpc) is 4.17. The molecule has 3 aliphatic rings. The van der Waals surface area contributed by atoms with E-state index in [-0.39, 0.29) is 47.5 Å². The van der Waals surface area contributed by atoms with Crippen molar-refractivity contribution >= 4 is 82.6 Å². The van der Waals surface area contributed by atoms with E-state index in [0.717, 1.165) is 112 Å². The summed E-state index contributed by atoms with van der Waals surface area (Å²) >= 11 is 4.71. The van der Waals surface area contributed by atoms with E-state index in [4.69, 9.17) is 9.47 Å². The Morgan fingerprint density at radius 1 is 0.487 bits per heavy atom. The quantitative estimate of drug-likeness (QED) is 0.0207. The molecule has 0 radical (unpaired) electrons. The third-order valence-electron chi connectivity index (χ3n) is 14.0. The van der Waals surface area contributed by atoms with E-state index in [0.29, 0.717) is 79.9 Å². The Bertz CT molecular complexity index is 2390. The highest BCUT2D eigenvalue weighted by molar-refractivity contribution is 8.26. The number of hydrazine groups is 1. The first-order valence-corrected chi connectivity index (χ1v) is 31.3. The van der Waals surface area contributed by atoms with Gasteiger partial charge in [0.1, 0.15) is 11.1 Å². The van der Waals surface area contributed by atoms with Gasteiger partial charge in [0.15, 0.2) is 11.5 Å². The van der Waals surface area contributed by atoms with Crippen LogP contribution in [0.2, 0.25) is 0 Å². The van der Waals surface area contributed by atoms with E-state index < -0.39 is 35.6 Å². The molecule has 16 heteroatoms. The third-order valence-corrected chi connectivity index (χ3v) is 19.2. The summed E-state index contributed by atoms with van der Waals surface area (Å²) in [6, 6.07) is 19.1. The van der Waals surface area contributed by atoms with Crippen LogP contribution in [0.4, 0.5) is 0 Å². The number of ether oxygens (including phenoxy) is 2. The SMILES string of the molecule is CCCCC(CC)C(=O)Oc1c2c(c(OC(=O)C(CC)CCCC)c3c1SC(=C1C(=O)N(Cc4ccccc4)N(Cc4ccccc4)C1=O)S3)SC(=C(C(=O)N(CCCC)CCCC)C(=O)N(CCCC)CCCC)S2. The number of hydrogen-bond donors (Lipinski definition) is 0. The zero-order valence-electron chi connectivity index (χ0n) is 46.2. The summed E-state index contributed by atoms with van der Waals surface area (Å²) in [6.07, 6.45) is 12.3. The highest BCUT2D eigenvalue weighted by atomic mass is 32.2. The van der Waals surface area contributed by atoms with Crippen LogP contribution in [0.5, 0.6) is 11.5 Å². The zero-order valence-corrected chi connectivity index (χ0v) is 49.4. The lowest BCUT2D eigenvalue weighted by Crippen LogP contribution is -2.42. The van der Waals surface area contributed by atoms with Gasteiger partial charge in [0.05, 0.1) is 53.0 Å². The van der Waals surface area contributed by atoms with Crippen molar-refractivity contribution in [3.8, 4) is 11.5 Å². The Morgan fingerprint density at radius 3 is 1.16 bits per heavy atom. The first-order chi connectivity index (χ1) is 36.9. The van der Waals surface area contributed by atoms with E-state index >= 15 is 9.59 Å². The molecule has 0 bridgehead atoms. The van der Waals surface area contributed by atoms with E-state index in [1.807, 2.05) is 84.3 Å². The van der Waals surface area contributed by atoms with E-state index in [9.17, 15) is 19.2 Å². The highest BCUT2D eigenvalue weighted by Crippen LogP contribution is 2.69. The normalized spacial score (nSPS) is 14.8. The molecule has 412 valence electrons. The van der Waals surface area contributed by atoms with Crippen LogP contribution >= 0.6 is 47.0 Å². The number of rotatable bonds is 30. The van der Waals surface area contributed by atoms with Crippen molar-refractivity contribution in [1.29, 1.82) is 0 Å². The molecular weight excluding hydrogens is 1030 g/mol. The topological polar surface area (TPSA) is 134 Å². The van der Waals surface area contributed by atoms with Crippen LogP contribution in [0.1, 0.15) is 169 Å². The average molecular weight is 1110 g/mol. The molecule has 2 unspecified atom stereocenters. The molecule has 3 aromatic rings. The van der Waals surface area contributed by atoms with Gasteiger partial charge in [-0.3, -0.25) is 28.8 Å². The lowest BCUT2D eigenvalue weighted by Gasteiger charge is -2.28. The number of carbonyl (C=O) groups is 6. The van der Waals surface area contributed by atoms with Gasteiger partial charge in [-0.05, 0) is 62.5 Å². The number of esters is 2. The Labute approximate surface area is 469 Å². The lowest BCUT2D eigenvalue weighted by molar-refractivity contribution is -0.149. The van der Waals surface area contributed by atoms with Gasteiger partial charge in [-0.1, -0.05) is 214 Å². The molecule has 0 spiro atoms. The van der Waals surface area contributed by atoms with Crippen LogP contribution in [-0.4, -0.2) is 81.6 Å². The summed E-state index contributed by atoms with van der Waals surface area (Å²) in [4.78, 5) is 95.3. The van der Waals surface area contributed by atoms with Gasteiger partial charge >= 0.3 is 11.9 Å². The van der Waals surface area contributed by atoms with Gasteiger partial charge < -0.3 is 19.3 Å². The minimum Gasteiger partial charge on any atom is -0.424 e. The fourth-order valence-electron chi connectivity index (χ4n) is 9.22. The number of nitrogens with zero attached hydrogens (tertiary/aromatic N) is 4. The van der Waals surface area contributed by atoms with E-state index in [1.165, 1.54) is 33.5 Å². The van der Waals surface area contributed by atoms with Crippen LogP contribution < -0.4 is 9.47 Å². The largest absolute Gasteiger partial charge is 0.424 e.